The molecule has 8 heteroatoms. The molecule has 2 aromatic rings. The van der Waals surface area contributed by atoms with Crippen molar-refractivity contribution in [2.45, 2.75) is 25.7 Å². The van der Waals surface area contributed by atoms with E-state index < -0.39 is 5.91 Å². The molecule has 0 aliphatic carbocycles. The van der Waals surface area contributed by atoms with E-state index in [4.69, 9.17) is 50.1 Å². The highest BCUT2D eigenvalue weighted by molar-refractivity contribution is 6.37. The van der Waals surface area contributed by atoms with Gasteiger partial charge in [0.15, 0.2) is 12.4 Å². The van der Waals surface area contributed by atoms with Gasteiger partial charge < -0.3 is 9.47 Å². The summed E-state index contributed by atoms with van der Waals surface area (Å²) in [4.78, 5) is 11.2. The van der Waals surface area contributed by atoms with Crippen LogP contribution in [0.4, 0.5) is 0 Å². The van der Waals surface area contributed by atoms with Crippen molar-refractivity contribution in [3.63, 3.8) is 0 Å². The van der Waals surface area contributed by atoms with E-state index in [9.17, 15) is 4.79 Å². The summed E-state index contributed by atoms with van der Waals surface area (Å²) in [6.07, 6.45) is 0.711. The van der Waals surface area contributed by atoms with E-state index in [0.717, 1.165) is 11.1 Å². The molecule has 0 heterocycles. The zero-order valence-electron chi connectivity index (χ0n) is 15.7. The second kappa shape index (κ2) is 10.2. The minimum atomic E-state index is -0.401. The summed E-state index contributed by atoms with van der Waals surface area (Å²) >= 11 is 18.5. The lowest BCUT2D eigenvalue weighted by atomic mass is 9.78. The van der Waals surface area contributed by atoms with Gasteiger partial charge in [-0.2, -0.15) is 0 Å². The molecular weight excluding hydrogens is 423 g/mol. The summed E-state index contributed by atoms with van der Waals surface area (Å²) in [5.41, 5.74) is 3.63. The van der Waals surface area contributed by atoms with Crippen molar-refractivity contribution >= 4 is 40.7 Å². The first-order chi connectivity index (χ1) is 13.3. The second-order valence-corrected chi connectivity index (χ2v) is 7.86. The van der Waals surface area contributed by atoms with E-state index in [1.807, 2.05) is 29.7 Å². The van der Waals surface area contributed by atoms with Crippen LogP contribution in [0.15, 0.2) is 36.4 Å². The lowest BCUT2D eigenvalue weighted by Crippen LogP contribution is -2.34. The smallest absolute Gasteiger partial charge is 0.271 e. The fourth-order valence-corrected chi connectivity index (χ4v) is 3.32. The highest BCUT2D eigenvalue weighted by Gasteiger charge is 2.25. The Hall–Kier alpha value is -1.66. The van der Waals surface area contributed by atoms with Crippen LogP contribution in [0.25, 0.3) is 0 Å². The number of hydrazine groups is 1. The van der Waals surface area contributed by atoms with Crippen LogP contribution in [-0.4, -0.2) is 25.0 Å². The third kappa shape index (κ3) is 5.67. The summed E-state index contributed by atoms with van der Waals surface area (Å²) in [6.45, 7) is 4.45. The van der Waals surface area contributed by atoms with Crippen LogP contribution in [-0.2, 0) is 10.2 Å². The molecule has 3 N–H and O–H groups in total. The van der Waals surface area contributed by atoms with E-state index in [0.29, 0.717) is 40.5 Å². The Morgan fingerprint density at radius 2 is 1.68 bits per heavy atom. The molecule has 0 atom stereocenters. The van der Waals surface area contributed by atoms with Crippen LogP contribution >= 0.6 is 34.8 Å². The summed E-state index contributed by atoms with van der Waals surface area (Å²) < 4.78 is 11.0. The molecular formula is C20H23Cl3N2O3. The molecule has 0 saturated heterocycles. The normalized spacial score (nSPS) is 11.2. The summed E-state index contributed by atoms with van der Waals surface area (Å²) in [5.74, 6) is 6.18. The lowest BCUT2D eigenvalue weighted by Gasteiger charge is -2.27. The van der Waals surface area contributed by atoms with Crippen LogP contribution in [0.2, 0.25) is 10.0 Å². The molecule has 0 aromatic heterocycles. The molecule has 152 valence electrons. The third-order valence-corrected chi connectivity index (χ3v) is 5.18. The van der Waals surface area contributed by atoms with Crippen LogP contribution < -0.4 is 20.7 Å². The number of alkyl halides is 1. The van der Waals surface area contributed by atoms with E-state index in [-0.39, 0.29) is 12.0 Å². The zero-order valence-corrected chi connectivity index (χ0v) is 18.0. The first kappa shape index (κ1) is 22.6. The lowest BCUT2D eigenvalue weighted by molar-refractivity contribution is -0.123. The Bertz CT molecular complexity index is 788. The molecule has 1 amide bonds. The number of nitrogens with one attached hydrogen (secondary N) is 1. The molecule has 0 fully saturated rings. The number of halogens is 3. The highest BCUT2D eigenvalue weighted by Crippen LogP contribution is 2.40. The Labute approximate surface area is 180 Å². The van der Waals surface area contributed by atoms with Crippen molar-refractivity contribution in [2.75, 3.05) is 19.1 Å². The number of amides is 1. The molecule has 2 aromatic carbocycles. The van der Waals surface area contributed by atoms with Gasteiger partial charge >= 0.3 is 0 Å². The van der Waals surface area contributed by atoms with Gasteiger partial charge in [-0.1, -0.05) is 49.2 Å². The molecule has 0 unspecified atom stereocenters. The Morgan fingerprint density at radius 1 is 1.07 bits per heavy atom. The topological polar surface area (TPSA) is 73.6 Å². The number of ether oxygens (including phenoxy) is 2. The molecule has 0 radical (unpaired) electrons. The minimum Gasteiger partial charge on any atom is -0.490 e. The summed E-state index contributed by atoms with van der Waals surface area (Å²) in [5, 5.41) is 0.913. The zero-order chi connectivity index (χ0) is 20.7. The molecule has 0 aliphatic heterocycles. The van der Waals surface area contributed by atoms with Crippen LogP contribution in [0.5, 0.6) is 11.5 Å². The maximum absolute atomic E-state index is 11.2. The van der Waals surface area contributed by atoms with Gasteiger partial charge in [-0.25, -0.2) is 5.84 Å². The molecule has 28 heavy (non-hydrogen) atoms. The van der Waals surface area contributed by atoms with Crippen molar-refractivity contribution in [1.29, 1.82) is 0 Å². The fourth-order valence-electron chi connectivity index (χ4n) is 2.61. The quantitative estimate of drug-likeness (QED) is 0.193. The average Bonchev–Trinajstić information content (AvgIpc) is 2.68. The Balaban J connectivity index is 2.20. The monoisotopic (exact) mass is 444 g/mol. The summed E-state index contributed by atoms with van der Waals surface area (Å²) in [6, 6.07) is 11.2. The molecule has 2 rings (SSSR count). The number of rotatable bonds is 9. The van der Waals surface area contributed by atoms with E-state index in [1.54, 1.807) is 12.1 Å². The van der Waals surface area contributed by atoms with Gasteiger partial charge in [0.25, 0.3) is 5.91 Å². The highest BCUT2D eigenvalue weighted by atomic mass is 35.5. The Kier molecular flexibility index (Phi) is 8.25. The number of hydrogen-bond acceptors (Lipinski definition) is 4. The van der Waals surface area contributed by atoms with Gasteiger partial charge in [-0.15, -0.1) is 11.6 Å². The average molecular weight is 446 g/mol. The minimum absolute atomic E-state index is 0.143. The van der Waals surface area contributed by atoms with Crippen molar-refractivity contribution in [3.8, 4) is 11.5 Å². The van der Waals surface area contributed by atoms with E-state index in [1.165, 1.54) is 0 Å². The number of carbonyl (C=O) groups is 1. The molecule has 5 nitrogen and oxygen atoms in total. The first-order valence-corrected chi connectivity index (χ1v) is 9.99. The van der Waals surface area contributed by atoms with Crippen molar-refractivity contribution in [1.82, 2.24) is 5.43 Å². The molecule has 0 aliphatic rings. The second-order valence-electron chi connectivity index (χ2n) is 6.67. The van der Waals surface area contributed by atoms with E-state index in [2.05, 4.69) is 13.8 Å². The maximum Gasteiger partial charge on any atom is 0.271 e. The maximum atomic E-state index is 11.2. The Morgan fingerprint density at radius 3 is 2.21 bits per heavy atom. The van der Waals surface area contributed by atoms with Crippen LogP contribution in [0.3, 0.4) is 0 Å². The molecule has 0 bridgehead atoms. The van der Waals surface area contributed by atoms with Crippen molar-refractivity contribution in [2.24, 2.45) is 5.84 Å². The molecule has 0 spiro atoms. The number of hydrogen-bond donors (Lipinski definition) is 2. The molecule has 0 saturated carbocycles. The van der Waals surface area contributed by atoms with Gasteiger partial charge in [0.2, 0.25) is 0 Å². The van der Waals surface area contributed by atoms with Crippen LogP contribution in [0.1, 0.15) is 31.4 Å². The van der Waals surface area contributed by atoms with Gasteiger partial charge in [0, 0.05) is 11.3 Å². The van der Waals surface area contributed by atoms with Gasteiger partial charge in [-0.3, -0.25) is 10.2 Å². The predicted molar refractivity (Wildman–Crippen MR) is 114 cm³/mol. The number of carbonyl (C=O) groups excluding carboxylic acids is 1. The summed E-state index contributed by atoms with van der Waals surface area (Å²) in [7, 11) is 0. The SMILES string of the molecule is CC(C)(c1ccc(OCC(=O)NN)cc1)c1cc(Cl)c(OCCCCl)c(Cl)c1. The number of nitrogens with two attached hydrogens (primary N) is 1. The van der Waals surface area contributed by atoms with E-state index >= 15 is 0 Å². The largest absolute Gasteiger partial charge is 0.490 e. The van der Waals surface area contributed by atoms with Crippen molar-refractivity contribution < 1.29 is 14.3 Å². The van der Waals surface area contributed by atoms with Crippen molar-refractivity contribution in [3.05, 3.63) is 57.6 Å². The van der Waals surface area contributed by atoms with Gasteiger partial charge in [0.1, 0.15) is 5.75 Å². The van der Waals surface area contributed by atoms with Crippen LogP contribution in [0, 0.1) is 0 Å². The third-order valence-electron chi connectivity index (χ3n) is 4.35. The fraction of sp³-hybridized carbons (Fsp3) is 0.350. The standard InChI is InChI=1S/C20H23Cl3N2O3/c1-20(2,13-4-6-15(7-5-13)28-12-18(26)25-24)14-10-16(22)19(17(23)11-14)27-9-3-8-21/h4-7,10-11H,3,8-9,12,24H2,1-2H3,(H,25,26). The first-order valence-electron chi connectivity index (χ1n) is 8.70. The number of benzene rings is 2. The van der Waals surface area contributed by atoms with Gasteiger partial charge in [0.05, 0.1) is 16.7 Å². The predicted octanol–water partition coefficient (Wildman–Crippen LogP) is 4.70. The van der Waals surface area contributed by atoms with Gasteiger partial charge in [-0.05, 0) is 41.8 Å².